The van der Waals surface area contributed by atoms with Gasteiger partial charge in [-0.3, -0.25) is 0 Å². The molecule has 1 heterocycles. The summed E-state index contributed by atoms with van der Waals surface area (Å²) in [6, 6.07) is 4.95. The van der Waals surface area contributed by atoms with Gasteiger partial charge in [0.05, 0.1) is 0 Å². The van der Waals surface area contributed by atoms with E-state index in [4.69, 9.17) is 10.8 Å². The summed E-state index contributed by atoms with van der Waals surface area (Å²) in [6.45, 7) is 1.08. The highest BCUT2D eigenvalue weighted by molar-refractivity contribution is 5.57. The van der Waals surface area contributed by atoms with Gasteiger partial charge in [0, 0.05) is 30.6 Å². The average Bonchev–Trinajstić information content (AvgIpc) is 2.29. The van der Waals surface area contributed by atoms with Crippen LogP contribution in [-0.4, -0.2) is 24.3 Å². The monoisotopic (exact) mass is 238 g/mol. The normalized spacial score (nSPS) is 20.6. The zero-order valence-electron chi connectivity index (χ0n) is 9.90. The van der Waals surface area contributed by atoms with Crippen molar-refractivity contribution < 1.29 is 9.50 Å². The van der Waals surface area contributed by atoms with E-state index in [2.05, 4.69) is 4.90 Å². The second-order valence-electron chi connectivity index (χ2n) is 4.60. The second kappa shape index (κ2) is 5.36. The fraction of sp³-hybridized carbons (Fsp3) is 0.538. The first-order valence-corrected chi connectivity index (χ1v) is 6.14. The maximum Gasteiger partial charge on any atom is 0.127 e. The number of rotatable bonds is 3. The van der Waals surface area contributed by atoms with Gasteiger partial charge in [-0.2, -0.15) is 0 Å². The molecule has 94 valence electrons. The lowest BCUT2D eigenvalue weighted by atomic mass is 9.98. The summed E-state index contributed by atoms with van der Waals surface area (Å²) in [5.41, 5.74) is 6.96. The zero-order valence-corrected chi connectivity index (χ0v) is 9.90. The Morgan fingerprint density at radius 2 is 2.18 bits per heavy atom. The third kappa shape index (κ3) is 2.88. The number of benzene rings is 1. The van der Waals surface area contributed by atoms with Crippen LogP contribution in [0.2, 0.25) is 0 Å². The van der Waals surface area contributed by atoms with Gasteiger partial charge in [-0.1, -0.05) is 0 Å². The molecular weight excluding hydrogens is 219 g/mol. The van der Waals surface area contributed by atoms with Crippen LogP contribution in [0.25, 0.3) is 0 Å². The third-order valence-electron chi connectivity index (χ3n) is 3.33. The lowest BCUT2D eigenvalue weighted by Crippen LogP contribution is -2.40. The fourth-order valence-electron chi connectivity index (χ4n) is 2.55. The minimum Gasteiger partial charge on any atom is -0.399 e. The number of halogens is 1. The first-order valence-electron chi connectivity index (χ1n) is 6.14. The number of aliphatic hydroxyl groups is 1. The fourth-order valence-corrected chi connectivity index (χ4v) is 2.55. The SMILES string of the molecule is Nc1cc(F)cc(N2CCCCC2CCO)c1. The number of piperidine rings is 1. The number of hydrogen-bond donors (Lipinski definition) is 2. The van der Waals surface area contributed by atoms with Crippen LogP contribution >= 0.6 is 0 Å². The summed E-state index contributed by atoms with van der Waals surface area (Å²) in [4.78, 5) is 2.17. The minimum atomic E-state index is -0.298. The Bertz CT molecular complexity index is 361. The molecule has 0 aromatic heterocycles. The van der Waals surface area contributed by atoms with Crippen molar-refractivity contribution in [2.45, 2.75) is 31.7 Å². The van der Waals surface area contributed by atoms with Crippen molar-refractivity contribution in [3.8, 4) is 0 Å². The largest absolute Gasteiger partial charge is 0.399 e. The van der Waals surface area contributed by atoms with Gasteiger partial charge < -0.3 is 15.7 Å². The molecule has 1 saturated heterocycles. The molecule has 0 bridgehead atoms. The summed E-state index contributed by atoms with van der Waals surface area (Å²) < 4.78 is 13.3. The van der Waals surface area contributed by atoms with Crippen LogP contribution < -0.4 is 10.6 Å². The standard InChI is InChI=1S/C13H19FN2O/c14-10-7-11(15)9-13(8-10)16-5-2-1-3-12(16)4-6-17/h7-9,12,17H,1-6,15H2. The van der Waals surface area contributed by atoms with Crippen molar-refractivity contribution in [1.29, 1.82) is 0 Å². The predicted molar refractivity (Wildman–Crippen MR) is 67.5 cm³/mol. The van der Waals surface area contributed by atoms with Crippen LogP contribution in [0.1, 0.15) is 25.7 Å². The molecule has 2 rings (SSSR count). The van der Waals surface area contributed by atoms with E-state index in [1.165, 1.54) is 18.6 Å². The van der Waals surface area contributed by atoms with E-state index >= 15 is 0 Å². The maximum atomic E-state index is 13.3. The molecule has 1 aliphatic rings. The molecule has 0 spiro atoms. The summed E-state index contributed by atoms with van der Waals surface area (Å²) in [5, 5.41) is 9.07. The number of nitrogens with zero attached hydrogens (tertiary/aromatic N) is 1. The predicted octanol–water partition coefficient (Wildman–Crippen LogP) is 2.15. The highest BCUT2D eigenvalue weighted by Gasteiger charge is 2.22. The molecule has 0 aliphatic carbocycles. The van der Waals surface area contributed by atoms with Crippen LogP contribution in [0.15, 0.2) is 18.2 Å². The summed E-state index contributed by atoms with van der Waals surface area (Å²) in [7, 11) is 0. The minimum absolute atomic E-state index is 0.173. The Labute approximate surface area is 101 Å². The average molecular weight is 238 g/mol. The van der Waals surface area contributed by atoms with E-state index in [0.29, 0.717) is 11.7 Å². The molecule has 1 aromatic carbocycles. The number of aliphatic hydroxyl groups excluding tert-OH is 1. The van der Waals surface area contributed by atoms with E-state index in [1.54, 1.807) is 6.07 Å². The number of hydrogen-bond acceptors (Lipinski definition) is 3. The van der Waals surface area contributed by atoms with Gasteiger partial charge in [0.15, 0.2) is 0 Å². The van der Waals surface area contributed by atoms with Crippen molar-refractivity contribution in [1.82, 2.24) is 0 Å². The molecule has 4 heteroatoms. The van der Waals surface area contributed by atoms with Crippen molar-refractivity contribution in [3.63, 3.8) is 0 Å². The first kappa shape index (κ1) is 12.2. The Morgan fingerprint density at radius 1 is 1.35 bits per heavy atom. The van der Waals surface area contributed by atoms with Crippen molar-refractivity contribution in [2.24, 2.45) is 0 Å². The molecule has 3 N–H and O–H groups in total. The molecule has 17 heavy (non-hydrogen) atoms. The third-order valence-corrected chi connectivity index (χ3v) is 3.33. The van der Waals surface area contributed by atoms with E-state index in [-0.39, 0.29) is 12.4 Å². The molecule has 0 saturated carbocycles. The lowest BCUT2D eigenvalue weighted by molar-refractivity contribution is 0.262. The smallest absolute Gasteiger partial charge is 0.127 e. The van der Waals surface area contributed by atoms with Crippen LogP contribution in [0.4, 0.5) is 15.8 Å². The summed E-state index contributed by atoms with van der Waals surface area (Å²) in [5.74, 6) is -0.298. The van der Waals surface area contributed by atoms with Crippen LogP contribution in [0.5, 0.6) is 0 Å². The molecule has 1 unspecified atom stereocenters. The second-order valence-corrected chi connectivity index (χ2v) is 4.60. The Balaban J connectivity index is 2.22. The first-order chi connectivity index (χ1) is 8.20. The molecule has 0 radical (unpaired) electrons. The molecule has 1 aromatic rings. The Morgan fingerprint density at radius 3 is 2.88 bits per heavy atom. The van der Waals surface area contributed by atoms with Gasteiger partial charge in [0.2, 0.25) is 0 Å². The summed E-state index contributed by atoms with van der Waals surface area (Å²) in [6.07, 6.45) is 4.07. The van der Waals surface area contributed by atoms with E-state index in [9.17, 15) is 4.39 Å². The van der Waals surface area contributed by atoms with Gasteiger partial charge in [-0.25, -0.2) is 4.39 Å². The van der Waals surface area contributed by atoms with Crippen molar-refractivity contribution in [2.75, 3.05) is 23.8 Å². The van der Waals surface area contributed by atoms with Gasteiger partial charge in [-0.05, 0) is 43.9 Å². The molecule has 3 nitrogen and oxygen atoms in total. The van der Waals surface area contributed by atoms with Gasteiger partial charge in [0.1, 0.15) is 5.82 Å². The Kier molecular flexibility index (Phi) is 3.84. The molecule has 1 fully saturated rings. The van der Waals surface area contributed by atoms with Gasteiger partial charge >= 0.3 is 0 Å². The van der Waals surface area contributed by atoms with Crippen LogP contribution in [0, 0.1) is 5.82 Å². The topological polar surface area (TPSA) is 49.5 Å². The molecule has 1 aliphatic heterocycles. The quantitative estimate of drug-likeness (QED) is 0.793. The highest BCUT2D eigenvalue weighted by atomic mass is 19.1. The number of nitrogen functional groups attached to an aromatic ring is 1. The van der Waals surface area contributed by atoms with E-state index < -0.39 is 0 Å². The summed E-state index contributed by atoms with van der Waals surface area (Å²) >= 11 is 0. The lowest BCUT2D eigenvalue weighted by Gasteiger charge is -2.37. The van der Waals surface area contributed by atoms with Gasteiger partial charge in [-0.15, -0.1) is 0 Å². The van der Waals surface area contributed by atoms with Gasteiger partial charge in [0.25, 0.3) is 0 Å². The molecule has 0 amide bonds. The van der Waals surface area contributed by atoms with E-state index in [0.717, 1.165) is 31.5 Å². The van der Waals surface area contributed by atoms with Crippen LogP contribution in [-0.2, 0) is 0 Å². The molecule has 1 atom stereocenters. The van der Waals surface area contributed by atoms with Crippen molar-refractivity contribution in [3.05, 3.63) is 24.0 Å². The number of anilines is 2. The number of nitrogens with two attached hydrogens (primary N) is 1. The highest BCUT2D eigenvalue weighted by Crippen LogP contribution is 2.28. The van der Waals surface area contributed by atoms with Crippen LogP contribution in [0.3, 0.4) is 0 Å². The van der Waals surface area contributed by atoms with E-state index in [1.807, 2.05) is 0 Å². The maximum absolute atomic E-state index is 13.3. The molecular formula is C13H19FN2O. The Hall–Kier alpha value is -1.29. The zero-order chi connectivity index (χ0) is 12.3. The van der Waals surface area contributed by atoms with Crippen molar-refractivity contribution >= 4 is 11.4 Å².